The first-order chi connectivity index (χ1) is 12.0. The molecule has 9 heteroatoms. The zero-order valence-electron chi connectivity index (χ0n) is 13.1. The topological polar surface area (TPSA) is 81.9 Å². The van der Waals surface area contributed by atoms with Crippen LogP contribution in [0.25, 0.3) is 0 Å². The van der Waals surface area contributed by atoms with Gasteiger partial charge < -0.3 is 10.1 Å². The van der Waals surface area contributed by atoms with Crippen LogP contribution in [0.2, 0.25) is 5.02 Å². The van der Waals surface area contributed by atoms with Gasteiger partial charge in [0.15, 0.2) is 17.4 Å². The summed E-state index contributed by atoms with van der Waals surface area (Å²) in [5.74, 6) is -0.299. The highest BCUT2D eigenvalue weighted by Gasteiger charge is 2.12. The maximum atomic E-state index is 14.2. The Kier molecular flexibility index (Phi) is 4.90. The van der Waals surface area contributed by atoms with E-state index in [4.69, 9.17) is 16.3 Å². The number of rotatable bonds is 5. The number of benzene rings is 2. The van der Waals surface area contributed by atoms with Crippen LogP contribution in [0.1, 0.15) is 16.2 Å². The zero-order chi connectivity index (χ0) is 17.8. The maximum absolute atomic E-state index is 14.2. The molecule has 25 heavy (non-hydrogen) atoms. The number of tetrazole rings is 1. The minimum absolute atomic E-state index is 0.00876. The molecule has 0 aliphatic carbocycles. The highest BCUT2D eigenvalue weighted by Crippen LogP contribution is 2.26. The van der Waals surface area contributed by atoms with Gasteiger partial charge in [-0.2, -0.15) is 4.80 Å². The number of hydrogen-bond acceptors (Lipinski definition) is 5. The van der Waals surface area contributed by atoms with Crippen molar-refractivity contribution in [2.45, 2.75) is 6.54 Å². The van der Waals surface area contributed by atoms with E-state index in [2.05, 4.69) is 20.7 Å². The van der Waals surface area contributed by atoms with Crippen molar-refractivity contribution < 1.29 is 13.9 Å². The van der Waals surface area contributed by atoms with Crippen molar-refractivity contribution in [3.63, 3.8) is 0 Å². The number of nitrogens with zero attached hydrogens (tertiary/aromatic N) is 4. The molecular weight excluding hydrogens is 349 g/mol. The van der Waals surface area contributed by atoms with E-state index in [1.54, 1.807) is 31.3 Å². The largest absolute Gasteiger partial charge is 0.454 e. The number of carbonyl (C=O) groups is 1. The summed E-state index contributed by atoms with van der Waals surface area (Å²) in [6.07, 6.45) is 0. The van der Waals surface area contributed by atoms with E-state index in [0.29, 0.717) is 16.6 Å². The fourth-order valence-electron chi connectivity index (χ4n) is 2.01. The molecule has 0 unspecified atom stereocenters. The van der Waals surface area contributed by atoms with Crippen molar-refractivity contribution in [3.05, 3.63) is 64.7 Å². The summed E-state index contributed by atoms with van der Waals surface area (Å²) in [6.45, 7) is 0.0946. The standard InChI is InChI=1S/C16H13ClFN5O2/c1-23-21-15(20-22-23)9-19-16(24)10-2-7-14(13(18)8-10)25-12-5-3-11(17)4-6-12/h2-8H,9H2,1H3,(H,19,24). The molecule has 0 atom stereocenters. The van der Waals surface area contributed by atoms with Gasteiger partial charge in [0.25, 0.3) is 5.91 Å². The third-order valence-corrected chi connectivity index (χ3v) is 3.44. The lowest BCUT2D eigenvalue weighted by Gasteiger charge is -2.08. The fourth-order valence-corrected chi connectivity index (χ4v) is 2.14. The minimum Gasteiger partial charge on any atom is -0.454 e. The summed E-state index contributed by atoms with van der Waals surface area (Å²) in [4.78, 5) is 13.3. The SMILES string of the molecule is Cn1nnc(CNC(=O)c2ccc(Oc3ccc(Cl)cc3)c(F)c2)n1. The van der Waals surface area contributed by atoms with Gasteiger partial charge in [-0.15, -0.1) is 10.2 Å². The van der Waals surface area contributed by atoms with Crippen LogP contribution in [0.3, 0.4) is 0 Å². The van der Waals surface area contributed by atoms with E-state index in [9.17, 15) is 9.18 Å². The lowest BCUT2D eigenvalue weighted by Crippen LogP contribution is -2.23. The molecule has 1 N–H and O–H groups in total. The first-order valence-electron chi connectivity index (χ1n) is 7.25. The Balaban J connectivity index is 1.66. The molecule has 0 saturated heterocycles. The summed E-state index contributed by atoms with van der Waals surface area (Å²) < 4.78 is 19.6. The zero-order valence-corrected chi connectivity index (χ0v) is 13.9. The molecule has 0 fully saturated rings. The van der Waals surface area contributed by atoms with E-state index in [1.807, 2.05) is 0 Å². The van der Waals surface area contributed by atoms with Crippen molar-refractivity contribution in [3.8, 4) is 11.5 Å². The third-order valence-electron chi connectivity index (χ3n) is 3.19. The summed E-state index contributed by atoms with van der Waals surface area (Å²) in [6, 6.07) is 10.5. The second-order valence-electron chi connectivity index (χ2n) is 5.08. The number of amides is 1. The Morgan fingerprint density at radius 1 is 1.28 bits per heavy atom. The number of hydrogen-bond donors (Lipinski definition) is 1. The fraction of sp³-hybridized carbons (Fsp3) is 0.125. The second-order valence-corrected chi connectivity index (χ2v) is 5.52. The summed E-state index contributed by atoms with van der Waals surface area (Å²) in [7, 11) is 1.62. The van der Waals surface area contributed by atoms with Gasteiger partial charge in [0, 0.05) is 10.6 Å². The first-order valence-corrected chi connectivity index (χ1v) is 7.63. The van der Waals surface area contributed by atoms with Crippen molar-refractivity contribution in [2.75, 3.05) is 0 Å². The minimum atomic E-state index is -0.653. The highest BCUT2D eigenvalue weighted by molar-refractivity contribution is 6.30. The Bertz CT molecular complexity index is 898. The van der Waals surface area contributed by atoms with Gasteiger partial charge in [0.1, 0.15) is 5.75 Å². The molecule has 7 nitrogen and oxygen atoms in total. The average molecular weight is 362 g/mol. The van der Waals surface area contributed by atoms with Crippen LogP contribution in [0.5, 0.6) is 11.5 Å². The number of ether oxygens (including phenoxy) is 1. The normalized spacial score (nSPS) is 10.5. The van der Waals surface area contributed by atoms with Gasteiger partial charge in [-0.3, -0.25) is 4.79 Å². The molecule has 0 spiro atoms. The number of aryl methyl sites for hydroxylation is 1. The number of carbonyl (C=O) groups excluding carboxylic acids is 1. The molecule has 3 rings (SSSR count). The van der Waals surface area contributed by atoms with Crippen molar-refractivity contribution in [1.29, 1.82) is 0 Å². The van der Waals surface area contributed by atoms with Crippen LogP contribution < -0.4 is 10.1 Å². The van der Waals surface area contributed by atoms with E-state index in [0.717, 1.165) is 6.07 Å². The molecule has 2 aromatic carbocycles. The van der Waals surface area contributed by atoms with Gasteiger partial charge in [-0.05, 0) is 47.7 Å². The second kappa shape index (κ2) is 7.27. The predicted octanol–water partition coefficient (Wildman–Crippen LogP) is 2.72. The van der Waals surface area contributed by atoms with Gasteiger partial charge >= 0.3 is 0 Å². The Hall–Kier alpha value is -3.00. The Morgan fingerprint density at radius 3 is 2.68 bits per heavy atom. The summed E-state index contributed by atoms with van der Waals surface area (Å²) in [5.41, 5.74) is 0.157. The van der Waals surface area contributed by atoms with E-state index in [-0.39, 0.29) is 17.9 Å². The molecule has 0 saturated carbocycles. The smallest absolute Gasteiger partial charge is 0.251 e. The molecule has 0 aliphatic rings. The molecule has 1 amide bonds. The van der Waals surface area contributed by atoms with Crippen LogP contribution >= 0.6 is 11.6 Å². The summed E-state index contributed by atoms with van der Waals surface area (Å²) in [5, 5.41) is 14.5. The van der Waals surface area contributed by atoms with Gasteiger partial charge in [0.2, 0.25) is 0 Å². The monoisotopic (exact) mass is 361 g/mol. The maximum Gasteiger partial charge on any atom is 0.251 e. The molecule has 0 aliphatic heterocycles. The Morgan fingerprint density at radius 2 is 2.04 bits per heavy atom. The average Bonchev–Trinajstić information content (AvgIpc) is 3.02. The van der Waals surface area contributed by atoms with Crippen LogP contribution in [0.4, 0.5) is 4.39 Å². The lowest BCUT2D eigenvalue weighted by molar-refractivity contribution is 0.0949. The van der Waals surface area contributed by atoms with Gasteiger partial charge in [-0.1, -0.05) is 11.6 Å². The molecule has 0 bridgehead atoms. The van der Waals surface area contributed by atoms with Gasteiger partial charge in [-0.25, -0.2) is 4.39 Å². The van der Waals surface area contributed by atoms with Crippen molar-refractivity contribution in [2.24, 2.45) is 7.05 Å². The molecule has 1 aromatic heterocycles. The highest BCUT2D eigenvalue weighted by atomic mass is 35.5. The van der Waals surface area contributed by atoms with E-state index >= 15 is 0 Å². The first kappa shape index (κ1) is 16.8. The van der Waals surface area contributed by atoms with Crippen LogP contribution in [0.15, 0.2) is 42.5 Å². The quantitative estimate of drug-likeness (QED) is 0.755. The number of nitrogens with one attached hydrogen (secondary N) is 1. The molecule has 1 heterocycles. The van der Waals surface area contributed by atoms with Crippen LogP contribution in [-0.4, -0.2) is 26.1 Å². The molecule has 0 radical (unpaired) electrons. The van der Waals surface area contributed by atoms with Gasteiger partial charge in [0.05, 0.1) is 13.6 Å². The molecule has 128 valence electrons. The molecule has 3 aromatic rings. The molecular formula is C16H13ClFN5O2. The lowest BCUT2D eigenvalue weighted by atomic mass is 10.2. The van der Waals surface area contributed by atoms with Crippen LogP contribution in [0, 0.1) is 5.82 Å². The number of aromatic nitrogens is 4. The number of halogens is 2. The Labute approximate surface area is 147 Å². The third kappa shape index (κ3) is 4.30. The summed E-state index contributed by atoms with van der Waals surface area (Å²) >= 11 is 5.79. The predicted molar refractivity (Wildman–Crippen MR) is 87.9 cm³/mol. The van der Waals surface area contributed by atoms with E-state index in [1.165, 1.54) is 16.9 Å². The van der Waals surface area contributed by atoms with Crippen molar-refractivity contribution in [1.82, 2.24) is 25.5 Å². The van der Waals surface area contributed by atoms with E-state index < -0.39 is 11.7 Å². The van der Waals surface area contributed by atoms with Crippen molar-refractivity contribution >= 4 is 17.5 Å². The van der Waals surface area contributed by atoms with Crippen LogP contribution in [-0.2, 0) is 13.6 Å².